The molecule has 0 saturated carbocycles. The van der Waals surface area contributed by atoms with Crippen LogP contribution in [0.3, 0.4) is 0 Å². The van der Waals surface area contributed by atoms with Crippen LogP contribution in [0.4, 0.5) is 0 Å². The molecule has 102 heavy (non-hydrogen) atoms. The van der Waals surface area contributed by atoms with E-state index in [9.17, 15) is 43.2 Å². The highest BCUT2D eigenvalue weighted by Crippen LogP contribution is 2.45. The highest BCUT2D eigenvalue weighted by Gasteiger charge is 2.30. The van der Waals surface area contributed by atoms with Gasteiger partial charge < -0.3 is 33.8 Å². The number of aliphatic hydroxyl groups is 1. The molecule has 0 aliphatic carbocycles. The molecule has 0 heterocycles. The number of carbonyl (C=O) groups is 4. The number of aliphatic hydroxyl groups excluding tert-OH is 1. The van der Waals surface area contributed by atoms with Gasteiger partial charge in [0, 0.05) is 25.7 Å². The first-order chi connectivity index (χ1) is 49.7. The zero-order valence-electron chi connectivity index (χ0n) is 66.1. The molecule has 17 nitrogen and oxygen atoms in total. The zero-order valence-corrected chi connectivity index (χ0v) is 67.9. The lowest BCUT2D eigenvalue weighted by molar-refractivity contribution is -0.161. The Labute approximate surface area is 624 Å². The summed E-state index contributed by atoms with van der Waals surface area (Å²) in [5.41, 5.74) is 0. The lowest BCUT2D eigenvalue weighted by Crippen LogP contribution is -2.30. The second-order valence-corrected chi connectivity index (χ2v) is 32.1. The Morgan fingerprint density at radius 3 is 0.745 bits per heavy atom. The normalized spacial score (nSPS) is 13.9. The number of phosphoric ester groups is 2. The van der Waals surface area contributed by atoms with Crippen molar-refractivity contribution < 1.29 is 80.2 Å². The summed E-state index contributed by atoms with van der Waals surface area (Å²) >= 11 is 0. The molecule has 19 heteroatoms. The molecule has 0 fully saturated rings. The minimum atomic E-state index is -4.97. The van der Waals surface area contributed by atoms with Crippen LogP contribution in [0, 0.1) is 0 Å². The maximum Gasteiger partial charge on any atom is 0.472 e. The van der Waals surface area contributed by atoms with Crippen molar-refractivity contribution in [3.05, 3.63) is 24.3 Å². The van der Waals surface area contributed by atoms with Crippen LogP contribution in [-0.2, 0) is 65.4 Å². The van der Waals surface area contributed by atoms with Crippen LogP contribution >= 0.6 is 15.6 Å². The van der Waals surface area contributed by atoms with Crippen molar-refractivity contribution in [2.75, 3.05) is 39.6 Å². The van der Waals surface area contributed by atoms with E-state index in [2.05, 4.69) is 52.0 Å². The number of carbonyl (C=O) groups excluding carboxylic acids is 4. The highest BCUT2D eigenvalue weighted by atomic mass is 31.2. The first kappa shape index (κ1) is 99.5. The van der Waals surface area contributed by atoms with Crippen LogP contribution in [0.25, 0.3) is 0 Å². The fourth-order valence-corrected chi connectivity index (χ4v) is 14.0. The van der Waals surface area contributed by atoms with Crippen molar-refractivity contribution in [1.82, 2.24) is 0 Å². The number of unbranched alkanes of at least 4 members (excludes halogenated alkanes) is 52. The van der Waals surface area contributed by atoms with E-state index in [1.807, 2.05) is 0 Å². The van der Waals surface area contributed by atoms with Gasteiger partial charge in [0.2, 0.25) is 0 Å². The number of phosphoric acid groups is 2. The van der Waals surface area contributed by atoms with Gasteiger partial charge >= 0.3 is 39.5 Å². The summed E-state index contributed by atoms with van der Waals surface area (Å²) < 4.78 is 68.8. The Bertz CT molecular complexity index is 2020. The standard InChI is InChI=1S/C83H158O17P2/c1-5-9-13-17-21-25-29-33-37-38-42-44-48-52-56-60-64-68-81(86)94-74-79(100-83(88)70-66-62-58-54-50-46-41-36-32-28-24-20-16-12-8-4)76-98-102(91,92)96-72-77(84)71-95-101(89,90)97-75-78(99-82(87)69-65-61-57-53-49-45-40-35-31-27-23-19-15-11-7-3)73-93-80(85)67-63-59-55-51-47-43-39-34-30-26-22-18-14-10-6-2/h22,26,34,39,77-79,84H,5-21,23-25,27-33,35-38,40-76H2,1-4H3,(H,89,90)(H,91,92)/b26-22-,39-34-/t77-,78+,79+/m0/s1. The smallest absolute Gasteiger partial charge is 0.462 e. The van der Waals surface area contributed by atoms with E-state index in [4.69, 9.17) is 37.0 Å². The largest absolute Gasteiger partial charge is 0.472 e. The Balaban J connectivity index is 5.29. The van der Waals surface area contributed by atoms with E-state index >= 15 is 0 Å². The third kappa shape index (κ3) is 75.8. The lowest BCUT2D eigenvalue weighted by Gasteiger charge is -2.21. The molecule has 0 bridgehead atoms. The first-order valence-corrected chi connectivity index (χ1v) is 45.6. The molecule has 0 amide bonds. The summed E-state index contributed by atoms with van der Waals surface area (Å²) in [5.74, 6) is -2.13. The minimum Gasteiger partial charge on any atom is -0.462 e. The number of ether oxygens (including phenoxy) is 4. The molecule has 3 N–H and O–H groups in total. The second kappa shape index (κ2) is 76.7. The zero-order chi connectivity index (χ0) is 74.6. The van der Waals surface area contributed by atoms with Gasteiger partial charge in [0.25, 0.3) is 0 Å². The molecule has 602 valence electrons. The summed E-state index contributed by atoms with van der Waals surface area (Å²) in [6.45, 7) is 4.98. The third-order valence-corrected chi connectivity index (χ3v) is 20.9. The van der Waals surface area contributed by atoms with E-state index in [0.717, 1.165) is 116 Å². The number of rotatable bonds is 82. The molecule has 5 atom stereocenters. The van der Waals surface area contributed by atoms with Crippen LogP contribution in [-0.4, -0.2) is 96.7 Å². The van der Waals surface area contributed by atoms with Crippen molar-refractivity contribution in [3.8, 4) is 0 Å². The molecule has 0 aromatic heterocycles. The van der Waals surface area contributed by atoms with Crippen LogP contribution in [0.15, 0.2) is 24.3 Å². The van der Waals surface area contributed by atoms with Gasteiger partial charge in [-0.25, -0.2) is 9.13 Å². The molecule has 0 aliphatic heterocycles. The quantitative estimate of drug-likeness (QED) is 0.0169. The molecule has 0 spiro atoms. The molecule has 0 aromatic carbocycles. The maximum absolute atomic E-state index is 13.1. The van der Waals surface area contributed by atoms with Crippen LogP contribution < -0.4 is 0 Å². The van der Waals surface area contributed by atoms with Gasteiger partial charge in [0.15, 0.2) is 12.2 Å². The van der Waals surface area contributed by atoms with E-state index in [-0.39, 0.29) is 25.7 Å². The van der Waals surface area contributed by atoms with Gasteiger partial charge in [-0.15, -0.1) is 0 Å². The van der Waals surface area contributed by atoms with E-state index in [0.29, 0.717) is 25.7 Å². The van der Waals surface area contributed by atoms with Gasteiger partial charge in [-0.05, 0) is 57.8 Å². The van der Waals surface area contributed by atoms with E-state index < -0.39 is 97.5 Å². The fourth-order valence-electron chi connectivity index (χ4n) is 12.4. The Hall–Kier alpha value is -2.46. The number of allylic oxidation sites excluding steroid dienone is 4. The van der Waals surface area contributed by atoms with E-state index in [1.54, 1.807) is 0 Å². The molecule has 0 rings (SSSR count). The average Bonchev–Trinajstić information content (AvgIpc) is 0.926. The van der Waals surface area contributed by atoms with Crippen molar-refractivity contribution in [1.29, 1.82) is 0 Å². The van der Waals surface area contributed by atoms with Crippen LogP contribution in [0.2, 0.25) is 0 Å². The van der Waals surface area contributed by atoms with Crippen molar-refractivity contribution in [2.45, 2.75) is 444 Å². The predicted octanol–water partition coefficient (Wildman–Crippen LogP) is 24.9. The Morgan fingerprint density at radius 2 is 0.480 bits per heavy atom. The molecular formula is C83H158O17P2. The molecule has 0 radical (unpaired) electrons. The SMILES string of the molecule is CCCCC/C=C\C/C=C\CCCCCCCC(=O)OC[C@H](COP(=O)(O)OC[C@H](O)COP(=O)(O)OC[C@@H](COC(=O)CCCCCCCCCCCCCCCCCCC)OC(=O)CCCCCCCCCCCCCCCCC)OC(=O)CCCCCCCCCCCCCCCCC. The molecule has 0 aromatic rings. The average molecular weight is 1490 g/mol. The van der Waals surface area contributed by atoms with Gasteiger partial charge in [0.1, 0.15) is 19.3 Å². The van der Waals surface area contributed by atoms with Crippen LogP contribution in [0.1, 0.15) is 426 Å². The minimum absolute atomic E-state index is 0.102. The summed E-state index contributed by atoms with van der Waals surface area (Å²) in [6, 6.07) is 0. The Kier molecular flexibility index (Phi) is 74.9. The Morgan fingerprint density at radius 1 is 0.275 bits per heavy atom. The van der Waals surface area contributed by atoms with Crippen molar-refractivity contribution in [2.24, 2.45) is 0 Å². The fraction of sp³-hybridized carbons (Fsp3) is 0.904. The van der Waals surface area contributed by atoms with Gasteiger partial charge in [-0.2, -0.15) is 0 Å². The second-order valence-electron chi connectivity index (χ2n) is 29.2. The molecular weight excluding hydrogens is 1330 g/mol. The summed E-state index contributed by atoms with van der Waals surface area (Å²) in [4.78, 5) is 73.1. The van der Waals surface area contributed by atoms with Crippen molar-refractivity contribution >= 4 is 39.5 Å². The monoisotopic (exact) mass is 1490 g/mol. The number of hydrogen-bond acceptors (Lipinski definition) is 15. The van der Waals surface area contributed by atoms with E-state index in [1.165, 1.54) is 231 Å². The summed E-state index contributed by atoms with van der Waals surface area (Å²) in [5, 5.41) is 10.7. The van der Waals surface area contributed by atoms with Gasteiger partial charge in [-0.3, -0.25) is 37.3 Å². The maximum atomic E-state index is 13.1. The summed E-state index contributed by atoms with van der Waals surface area (Å²) in [7, 11) is -9.93. The summed E-state index contributed by atoms with van der Waals surface area (Å²) in [6.07, 6.45) is 72.8. The highest BCUT2D eigenvalue weighted by molar-refractivity contribution is 7.47. The predicted molar refractivity (Wildman–Crippen MR) is 418 cm³/mol. The lowest BCUT2D eigenvalue weighted by atomic mass is 10.0. The third-order valence-electron chi connectivity index (χ3n) is 18.9. The van der Waals surface area contributed by atoms with Crippen molar-refractivity contribution in [3.63, 3.8) is 0 Å². The molecule has 2 unspecified atom stereocenters. The molecule has 0 saturated heterocycles. The van der Waals surface area contributed by atoms with Gasteiger partial charge in [-0.1, -0.05) is 367 Å². The number of hydrogen-bond donors (Lipinski definition) is 3. The van der Waals surface area contributed by atoms with Gasteiger partial charge in [0.05, 0.1) is 26.4 Å². The topological polar surface area (TPSA) is 237 Å². The van der Waals surface area contributed by atoms with Crippen LogP contribution in [0.5, 0.6) is 0 Å². The molecule has 0 aliphatic rings. The number of esters is 4. The first-order valence-electron chi connectivity index (χ1n) is 42.6.